The summed E-state index contributed by atoms with van der Waals surface area (Å²) in [4.78, 5) is 0. The van der Waals surface area contributed by atoms with Gasteiger partial charge >= 0.3 is 0 Å². The van der Waals surface area contributed by atoms with Crippen molar-refractivity contribution < 1.29 is 4.74 Å². The molecule has 1 aromatic carbocycles. The minimum Gasteiger partial charge on any atom is -0.488 e. The van der Waals surface area contributed by atoms with Crippen LogP contribution in [0.2, 0.25) is 5.02 Å². The highest BCUT2D eigenvalue weighted by Gasteiger charge is 2.30. The summed E-state index contributed by atoms with van der Waals surface area (Å²) in [7, 11) is 0. The molecule has 0 spiro atoms. The van der Waals surface area contributed by atoms with Crippen molar-refractivity contribution in [1.82, 2.24) is 5.32 Å². The van der Waals surface area contributed by atoms with Crippen LogP contribution in [0, 0.1) is 0 Å². The van der Waals surface area contributed by atoms with Gasteiger partial charge in [0.05, 0.1) is 5.02 Å². The maximum Gasteiger partial charge on any atom is 0.138 e. The van der Waals surface area contributed by atoms with E-state index in [4.69, 9.17) is 16.3 Å². The average molecular weight is 312 g/mol. The number of benzene rings is 1. The normalized spacial score (nSPS) is 30.4. The Kier molecular flexibility index (Phi) is 4.49. The van der Waals surface area contributed by atoms with E-state index in [2.05, 4.69) is 24.4 Å². The van der Waals surface area contributed by atoms with Crippen LogP contribution < -0.4 is 10.1 Å². The molecule has 2 unspecified atom stereocenters. The van der Waals surface area contributed by atoms with Crippen molar-refractivity contribution in [3.8, 4) is 5.75 Å². The highest BCUT2D eigenvalue weighted by atomic mass is 35.5. The minimum absolute atomic E-state index is 0.0723. The van der Waals surface area contributed by atoms with Crippen LogP contribution in [0.25, 0.3) is 0 Å². The van der Waals surface area contributed by atoms with E-state index in [-0.39, 0.29) is 5.54 Å². The predicted molar refractivity (Wildman–Crippen MR) is 87.0 cm³/mol. The van der Waals surface area contributed by atoms with Crippen LogP contribution in [0.3, 0.4) is 0 Å². The molecular formula is C16H22ClNOS. The van der Waals surface area contributed by atoms with Gasteiger partial charge in [0.2, 0.25) is 0 Å². The van der Waals surface area contributed by atoms with E-state index >= 15 is 0 Å². The summed E-state index contributed by atoms with van der Waals surface area (Å²) in [5, 5.41) is 4.32. The molecule has 2 aliphatic heterocycles. The monoisotopic (exact) mass is 311 g/mol. The lowest BCUT2D eigenvalue weighted by atomic mass is 9.90. The fourth-order valence-corrected chi connectivity index (χ4v) is 4.32. The molecule has 2 fully saturated rings. The van der Waals surface area contributed by atoms with Gasteiger partial charge in [0.1, 0.15) is 11.9 Å². The van der Waals surface area contributed by atoms with E-state index in [1.54, 1.807) is 0 Å². The Balaban J connectivity index is 1.73. The average Bonchev–Trinajstić information content (AvgIpc) is 2.90. The first-order valence-corrected chi connectivity index (χ1v) is 9.00. The maximum absolute atomic E-state index is 6.43. The number of hydrogen-bond donors (Lipinski definition) is 1. The van der Waals surface area contributed by atoms with Crippen molar-refractivity contribution in [3.63, 3.8) is 0 Å². The summed E-state index contributed by atoms with van der Waals surface area (Å²) in [5.41, 5.74) is 1.34. The molecule has 2 saturated heterocycles. The Hall–Kier alpha value is -0.380. The smallest absolute Gasteiger partial charge is 0.138 e. The van der Waals surface area contributed by atoms with Crippen molar-refractivity contribution >= 4 is 23.4 Å². The molecule has 0 aliphatic carbocycles. The van der Waals surface area contributed by atoms with Crippen molar-refractivity contribution in [1.29, 1.82) is 0 Å². The van der Waals surface area contributed by atoms with Crippen molar-refractivity contribution in [2.45, 2.75) is 44.2 Å². The topological polar surface area (TPSA) is 21.3 Å². The van der Waals surface area contributed by atoms with E-state index in [9.17, 15) is 0 Å². The van der Waals surface area contributed by atoms with Crippen LogP contribution in [0.1, 0.15) is 38.2 Å². The molecular weight excluding hydrogens is 290 g/mol. The second-order valence-corrected chi connectivity index (χ2v) is 7.52. The highest BCUT2D eigenvalue weighted by molar-refractivity contribution is 7.99. The Morgan fingerprint density at radius 1 is 1.40 bits per heavy atom. The molecule has 2 aliphatic rings. The zero-order valence-corrected chi connectivity index (χ0v) is 13.5. The molecule has 3 rings (SSSR count). The molecule has 20 heavy (non-hydrogen) atoms. The van der Waals surface area contributed by atoms with Crippen molar-refractivity contribution in [2.24, 2.45) is 0 Å². The minimum atomic E-state index is 0.0723. The summed E-state index contributed by atoms with van der Waals surface area (Å²) < 4.78 is 6.06. The molecule has 0 radical (unpaired) electrons. The number of ether oxygens (including phenoxy) is 1. The number of halogens is 1. The van der Waals surface area contributed by atoms with Gasteiger partial charge in [-0.3, -0.25) is 0 Å². The van der Waals surface area contributed by atoms with E-state index in [0.29, 0.717) is 6.10 Å². The molecule has 1 N–H and O–H groups in total. The van der Waals surface area contributed by atoms with Gasteiger partial charge < -0.3 is 10.1 Å². The molecule has 2 heterocycles. The van der Waals surface area contributed by atoms with Gasteiger partial charge in [-0.15, -0.1) is 0 Å². The molecule has 1 aromatic rings. The van der Waals surface area contributed by atoms with Crippen molar-refractivity contribution in [2.75, 3.05) is 18.1 Å². The van der Waals surface area contributed by atoms with Gasteiger partial charge in [-0.25, -0.2) is 0 Å². The number of thioether (sulfide) groups is 1. The Morgan fingerprint density at radius 3 is 2.95 bits per heavy atom. The highest BCUT2D eigenvalue weighted by Crippen LogP contribution is 2.36. The lowest BCUT2D eigenvalue weighted by Crippen LogP contribution is -2.33. The van der Waals surface area contributed by atoms with Crippen LogP contribution in [0.5, 0.6) is 5.75 Å². The van der Waals surface area contributed by atoms with Crippen LogP contribution in [0.4, 0.5) is 0 Å². The largest absolute Gasteiger partial charge is 0.488 e. The zero-order valence-electron chi connectivity index (χ0n) is 12.0. The summed E-state index contributed by atoms with van der Waals surface area (Å²) in [6, 6.07) is 6.28. The van der Waals surface area contributed by atoms with Gasteiger partial charge in [-0.2, -0.15) is 11.8 Å². The first kappa shape index (κ1) is 14.6. The molecule has 110 valence electrons. The van der Waals surface area contributed by atoms with Crippen LogP contribution >= 0.6 is 23.4 Å². The van der Waals surface area contributed by atoms with Gasteiger partial charge in [0.25, 0.3) is 0 Å². The third kappa shape index (κ3) is 3.10. The van der Waals surface area contributed by atoms with Crippen molar-refractivity contribution in [3.05, 3.63) is 28.8 Å². The lowest BCUT2D eigenvalue weighted by molar-refractivity contribution is 0.211. The van der Waals surface area contributed by atoms with E-state index < -0.39 is 0 Å². The molecule has 0 aromatic heterocycles. The van der Waals surface area contributed by atoms with Crippen LogP contribution in [0.15, 0.2) is 18.2 Å². The van der Waals surface area contributed by atoms with Gasteiger partial charge in [-0.1, -0.05) is 17.7 Å². The van der Waals surface area contributed by atoms with Crippen LogP contribution in [-0.4, -0.2) is 24.2 Å². The van der Waals surface area contributed by atoms with Gasteiger partial charge in [0.15, 0.2) is 0 Å². The SMILES string of the molecule is CC1(c2ccc(OC3CCCSC3)c(Cl)c2)CCCN1. The number of rotatable bonds is 3. The van der Waals surface area contributed by atoms with E-state index in [1.807, 2.05) is 17.8 Å². The van der Waals surface area contributed by atoms with E-state index in [0.717, 1.165) is 29.5 Å². The molecule has 0 bridgehead atoms. The standard InChI is InChI=1S/C16H22ClNOS/c1-16(7-3-8-18-16)12-5-6-15(14(17)10-12)19-13-4-2-9-20-11-13/h5-6,10,13,18H,2-4,7-9,11H2,1H3. The van der Waals surface area contributed by atoms with Gasteiger partial charge in [0, 0.05) is 11.3 Å². The second kappa shape index (κ2) is 6.17. The first-order chi connectivity index (χ1) is 9.67. The third-order valence-corrected chi connectivity index (χ3v) is 5.83. The Morgan fingerprint density at radius 2 is 2.30 bits per heavy atom. The third-order valence-electron chi connectivity index (χ3n) is 4.35. The number of nitrogens with one attached hydrogen (secondary N) is 1. The van der Waals surface area contributed by atoms with Crippen LogP contribution in [-0.2, 0) is 5.54 Å². The summed E-state index contributed by atoms with van der Waals surface area (Å²) in [6.45, 7) is 3.34. The molecule has 0 amide bonds. The fourth-order valence-electron chi connectivity index (χ4n) is 3.06. The van der Waals surface area contributed by atoms with E-state index in [1.165, 1.54) is 30.6 Å². The summed E-state index contributed by atoms with van der Waals surface area (Å²) >= 11 is 8.40. The second-order valence-electron chi connectivity index (χ2n) is 5.96. The molecule has 2 atom stereocenters. The Bertz CT molecular complexity index is 468. The molecule has 0 saturated carbocycles. The number of hydrogen-bond acceptors (Lipinski definition) is 3. The molecule has 2 nitrogen and oxygen atoms in total. The molecule has 4 heteroatoms. The lowest BCUT2D eigenvalue weighted by Gasteiger charge is -2.27. The fraction of sp³-hybridized carbons (Fsp3) is 0.625. The first-order valence-electron chi connectivity index (χ1n) is 7.47. The maximum atomic E-state index is 6.43. The predicted octanol–water partition coefficient (Wildman–Crippen LogP) is 4.21. The summed E-state index contributed by atoms with van der Waals surface area (Å²) in [5.74, 6) is 3.18. The summed E-state index contributed by atoms with van der Waals surface area (Å²) in [6.07, 6.45) is 5.10. The van der Waals surface area contributed by atoms with Gasteiger partial charge in [-0.05, 0) is 62.6 Å². The quantitative estimate of drug-likeness (QED) is 0.903. The Labute approximate surface area is 130 Å². The zero-order chi connectivity index (χ0) is 14.0.